The molecule has 0 atom stereocenters. The molecule has 136 valence electrons. The Balaban J connectivity index is 1.79. The van der Waals surface area contributed by atoms with Gasteiger partial charge in [0, 0.05) is 41.5 Å². The molecule has 8 heteroatoms. The number of hydrogen-bond acceptors (Lipinski definition) is 7. The molecule has 3 aromatic rings. The molecule has 1 aliphatic rings. The number of fused-ring (bicyclic) bond motifs is 1. The van der Waals surface area contributed by atoms with Gasteiger partial charge in [-0.2, -0.15) is 4.99 Å². The fourth-order valence-corrected chi connectivity index (χ4v) is 4.25. The van der Waals surface area contributed by atoms with E-state index in [-0.39, 0.29) is 5.88 Å². The van der Waals surface area contributed by atoms with E-state index in [1.165, 1.54) is 22.7 Å². The highest BCUT2D eigenvalue weighted by atomic mass is 32.1. The summed E-state index contributed by atoms with van der Waals surface area (Å²) in [5.41, 5.74) is 2.77. The third-order valence-electron chi connectivity index (χ3n) is 3.98. The molecule has 0 saturated heterocycles. The molecule has 0 aliphatic carbocycles. The van der Waals surface area contributed by atoms with Crippen LogP contribution in [0.2, 0.25) is 0 Å². The van der Waals surface area contributed by atoms with Crippen LogP contribution in [0.3, 0.4) is 0 Å². The summed E-state index contributed by atoms with van der Waals surface area (Å²) in [5.74, 6) is 0.914. The number of rotatable bonds is 5. The number of aromatic nitrogens is 2. The highest BCUT2D eigenvalue weighted by Gasteiger charge is 2.16. The first-order chi connectivity index (χ1) is 13.2. The van der Waals surface area contributed by atoms with Gasteiger partial charge in [-0.05, 0) is 18.2 Å². The first kappa shape index (κ1) is 17.4. The van der Waals surface area contributed by atoms with Crippen LogP contribution >= 0.6 is 22.7 Å². The number of thiazole rings is 2. The summed E-state index contributed by atoms with van der Waals surface area (Å²) in [4.78, 5) is 14.5. The van der Waals surface area contributed by atoms with Gasteiger partial charge in [0.1, 0.15) is 5.75 Å². The van der Waals surface area contributed by atoms with Gasteiger partial charge in [-0.3, -0.25) is 9.56 Å². The maximum absolute atomic E-state index is 10.7. The lowest BCUT2D eigenvalue weighted by Gasteiger charge is -2.03. The number of methoxy groups -OCH3 is 1. The van der Waals surface area contributed by atoms with Crippen LogP contribution in [0.15, 0.2) is 52.4 Å². The molecule has 0 radical (unpaired) electrons. The fraction of sp³-hybridized carbons (Fsp3) is 0.105. The molecule has 0 amide bonds. The highest BCUT2D eigenvalue weighted by Crippen LogP contribution is 2.36. The van der Waals surface area contributed by atoms with Gasteiger partial charge in [0.25, 0.3) is 0 Å². The Labute approximate surface area is 163 Å². The molecular weight excluding hydrogens is 380 g/mol. The Morgan fingerprint density at radius 2 is 2.30 bits per heavy atom. The molecular formula is C19H16N4O2S2. The molecule has 0 spiro atoms. The Morgan fingerprint density at radius 1 is 1.41 bits per heavy atom. The Hall–Kier alpha value is -2.97. The quantitative estimate of drug-likeness (QED) is 0.650. The van der Waals surface area contributed by atoms with Crippen molar-refractivity contribution in [2.24, 2.45) is 9.98 Å². The molecule has 4 rings (SSSR count). The topological polar surface area (TPSA) is 72.0 Å². The molecule has 0 unspecified atom stereocenters. The molecule has 6 nitrogen and oxygen atoms in total. The van der Waals surface area contributed by atoms with E-state index in [0.717, 1.165) is 22.6 Å². The van der Waals surface area contributed by atoms with Crippen molar-refractivity contribution >= 4 is 51.4 Å². The highest BCUT2D eigenvalue weighted by molar-refractivity contribution is 7.13. The van der Waals surface area contributed by atoms with Crippen LogP contribution in [0.4, 0.5) is 10.8 Å². The average Bonchev–Trinajstić information content (AvgIpc) is 3.39. The van der Waals surface area contributed by atoms with Crippen LogP contribution in [0, 0.1) is 0 Å². The SMILES string of the molecule is C=CCn1c(O)c(/C=C2/C=Nc3cc(OC)ccc32)s/c1=N\c1nccs1. The second-order valence-electron chi connectivity index (χ2n) is 5.64. The Morgan fingerprint density at radius 3 is 3.04 bits per heavy atom. The van der Waals surface area contributed by atoms with Crippen LogP contribution in [-0.2, 0) is 6.54 Å². The maximum atomic E-state index is 10.7. The van der Waals surface area contributed by atoms with E-state index in [0.29, 0.717) is 21.4 Å². The van der Waals surface area contributed by atoms with Crippen molar-refractivity contribution in [1.82, 2.24) is 9.55 Å². The van der Waals surface area contributed by atoms with Crippen molar-refractivity contribution in [3.8, 4) is 11.6 Å². The molecule has 2 aromatic heterocycles. The minimum atomic E-state index is 0.151. The van der Waals surface area contributed by atoms with E-state index < -0.39 is 0 Å². The zero-order chi connectivity index (χ0) is 18.8. The molecule has 1 N–H and O–H groups in total. The normalized spacial score (nSPS) is 14.7. The molecule has 1 aromatic carbocycles. The van der Waals surface area contributed by atoms with Gasteiger partial charge in [-0.1, -0.05) is 17.4 Å². The van der Waals surface area contributed by atoms with Gasteiger partial charge in [-0.15, -0.1) is 17.9 Å². The third kappa shape index (κ3) is 3.36. The summed E-state index contributed by atoms with van der Waals surface area (Å²) in [5, 5.41) is 13.2. The molecule has 27 heavy (non-hydrogen) atoms. The predicted octanol–water partition coefficient (Wildman–Crippen LogP) is 4.40. The lowest BCUT2D eigenvalue weighted by molar-refractivity contribution is 0.415. The number of hydrogen-bond donors (Lipinski definition) is 1. The first-order valence-electron chi connectivity index (χ1n) is 8.11. The molecule has 0 bridgehead atoms. The van der Waals surface area contributed by atoms with Crippen LogP contribution < -0.4 is 9.54 Å². The number of ether oxygens (including phenoxy) is 1. The monoisotopic (exact) mass is 396 g/mol. The number of allylic oxidation sites excluding steroid dienone is 2. The zero-order valence-electron chi connectivity index (χ0n) is 14.5. The van der Waals surface area contributed by atoms with E-state index in [4.69, 9.17) is 4.74 Å². The van der Waals surface area contributed by atoms with Crippen LogP contribution in [0.1, 0.15) is 10.4 Å². The smallest absolute Gasteiger partial charge is 0.211 e. The van der Waals surface area contributed by atoms with Gasteiger partial charge >= 0.3 is 0 Å². The summed E-state index contributed by atoms with van der Waals surface area (Å²) in [7, 11) is 1.63. The van der Waals surface area contributed by atoms with Gasteiger partial charge < -0.3 is 9.84 Å². The maximum Gasteiger partial charge on any atom is 0.211 e. The van der Waals surface area contributed by atoms with Gasteiger partial charge in [-0.25, -0.2) is 4.98 Å². The number of aliphatic imine (C=N–C) groups is 1. The van der Waals surface area contributed by atoms with Crippen molar-refractivity contribution in [2.75, 3.05) is 7.11 Å². The largest absolute Gasteiger partial charge is 0.497 e. The van der Waals surface area contributed by atoms with E-state index >= 15 is 0 Å². The van der Waals surface area contributed by atoms with Crippen molar-refractivity contribution < 1.29 is 9.84 Å². The van der Waals surface area contributed by atoms with Crippen molar-refractivity contribution in [2.45, 2.75) is 6.54 Å². The predicted molar refractivity (Wildman–Crippen MR) is 111 cm³/mol. The van der Waals surface area contributed by atoms with E-state index in [1.807, 2.05) is 29.7 Å². The van der Waals surface area contributed by atoms with Gasteiger partial charge in [0.2, 0.25) is 11.0 Å². The summed E-state index contributed by atoms with van der Waals surface area (Å²) in [6.45, 7) is 4.22. The summed E-state index contributed by atoms with van der Waals surface area (Å²) >= 11 is 2.84. The second-order valence-corrected chi connectivity index (χ2v) is 7.52. The molecule has 0 fully saturated rings. The lowest BCUT2D eigenvalue weighted by atomic mass is 10.1. The Bertz CT molecular complexity index is 1120. The molecule has 0 saturated carbocycles. The lowest BCUT2D eigenvalue weighted by Crippen LogP contribution is -2.12. The van der Waals surface area contributed by atoms with Gasteiger partial charge in [0.15, 0.2) is 4.80 Å². The number of nitrogens with zero attached hydrogens (tertiary/aromatic N) is 4. The minimum Gasteiger partial charge on any atom is -0.497 e. The molecule has 3 heterocycles. The van der Waals surface area contributed by atoms with Crippen molar-refractivity contribution in [1.29, 1.82) is 0 Å². The van der Waals surface area contributed by atoms with Crippen LogP contribution in [0.5, 0.6) is 11.6 Å². The minimum absolute atomic E-state index is 0.151. The summed E-state index contributed by atoms with van der Waals surface area (Å²) in [6.07, 6.45) is 7.14. The fourth-order valence-electron chi connectivity index (χ4n) is 2.70. The summed E-state index contributed by atoms with van der Waals surface area (Å²) in [6, 6.07) is 5.76. The van der Waals surface area contributed by atoms with E-state index in [9.17, 15) is 5.11 Å². The second kappa shape index (κ2) is 7.34. The van der Waals surface area contributed by atoms with Crippen LogP contribution in [0.25, 0.3) is 11.6 Å². The first-order valence-corrected chi connectivity index (χ1v) is 9.81. The van der Waals surface area contributed by atoms with Gasteiger partial charge in [0.05, 0.1) is 17.7 Å². The van der Waals surface area contributed by atoms with E-state index in [2.05, 4.69) is 21.5 Å². The van der Waals surface area contributed by atoms with Crippen LogP contribution in [-0.4, -0.2) is 28.0 Å². The summed E-state index contributed by atoms with van der Waals surface area (Å²) < 4.78 is 6.96. The third-order valence-corrected chi connectivity index (χ3v) is 5.66. The average molecular weight is 396 g/mol. The number of benzene rings is 1. The Kier molecular flexibility index (Phi) is 4.74. The molecule has 1 aliphatic heterocycles. The van der Waals surface area contributed by atoms with E-state index in [1.54, 1.807) is 30.2 Å². The number of aromatic hydroxyl groups is 1. The standard InChI is InChI=1S/C19H16N4O2S2/c1-3-7-23-17(24)16(27-19(23)22-18-20-6-8-26-18)9-12-11-21-15-10-13(25-2)4-5-14(12)15/h3-6,8-11,24H,1,7H2,2H3/b12-9-,22-19-. The van der Waals surface area contributed by atoms with Crippen molar-refractivity contribution in [3.05, 3.63) is 57.7 Å². The van der Waals surface area contributed by atoms with Crippen molar-refractivity contribution in [3.63, 3.8) is 0 Å². The zero-order valence-corrected chi connectivity index (χ0v) is 16.1.